The molecule has 4 rings (SSSR count). The maximum atomic E-state index is 12.7. The van der Waals surface area contributed by atoms with E-state index in [-0.39, 0.29) is 5.91 Å². The third-order valence-electron chi connectivity index (χ3n) is 5.44. The van der Waals surface area contributed by atoms with Crippen LogP contribution in [0.4, 0.5) is 0 Å². The van der Waals surface area contributed by atoms with E-state index >= 15 is 0 Å². The van der Waals surface area contributed by atoms with Gasteiger partial charge >= 0.3 is 0 Å². The molecule has 0 radical (unpaired) electrons. The van der Waals surface area contributed by atoms with Crippen LogP contribution in [0.1, 0.15) is 36.1 Å². The first-order valence-electron chi connectivity index (χ1n) is 9.18. The third kappa shape index (κ3) is 3.19. The van der Waals surface area contributed by atoms with Crippen molar-refractivity contribution >= 4 is 5.91 Å². The molecule has 2 aliphatic rings. The molecule has 0 saturated carbocycles. The molecular formula is C19H25N5O2. The summed E-state index contributed by atoms with van der Waals surface area (Å²) in [6, 6.07) is 8.03. The lowest BCUT2D eigenvalue weighted by molar-refractivity contribution is -0.132. The van der Waals surface area contributed by atoms with Crippen LogP contribution in [-0.2, 0) is 24.3 Å². The summed E-state index contributed by atoms with van der Waals surface area (Å²) in [5, 5.41) is 8.82. The largest absolute Gasteiger partial charge is 0.497 e. The van der Waals surface area contributed by atoms with Gasteiger partial charge in [0, 0.05) is 13.1 Å². The number of hydrogen-bond acceptors (Lipinski definition) is 5. The van der Waals surface area contributed by atoms with Crippen LogP contribution in [0.3, 0.4) is 0 Å². The van der Waals surface area contributed by atoms with E-state index in [2.05, 4.69) is 26.7 Å². The Labute approximate surface area is 153 Å². The van der Waals surface area contributed by atoms with Gasteiger partial charge in [-0.2, -0.15) is 0 Å². The molecule has 0 spiro atoms. The number of hydrogen-bond donors (Lipinski definition) is 0. The summed E-state index contributed by atoms with van der Waals surface area (Å²) in [5.41, 5.74) is 0.967. The summed E-state index contributed by atoms with van der Waals surface area (Å²) in [6.07, 6.45) is 2.71. The normalized spacial score (nSPS) is 20.2. The summed E-state index contributed by atoms with van der Waals surface area (Å²) in [5.74, 6) is 2.84. The molecule has 0 N–H and O–H groups in total. The van der Waals surface area contributed by atoms with Gasteiger partial charge in [-0.3, -0.25) is 9.69 Å². The Bertz CT molecular complexity index is 803. The van der Waals surface area contributed by atoms with Crippen molar-refractivity contribution in [2.75, 3.05) is 27.2 Å². The molecule has 2 aromatic rings. The average molecular weight is 355 g/mol. The van der Waals surface area contributed by atoms with Gasteiger partial charge in [0.2, 0.25) is 5.91 Å². The summed E-state index contributed by atoms with van der Waals surface area (Å²) in [4.78, 5) is 16.9. The fraction of sp³-hybridized carbons (Fsp3) is 0.526. The fourth-order valence-corrected chi connectivity index (χ4v) is 3.94. The first-order valence-corrected chi connectivity index (χ1v) is 9.18. The summed E-state index contributed by atoms with van der Waals surface area (Å²) in [7, 11) is 3.78. The van der Waals surface area contributed by atoms with Crippen molar-refractivity contribution < 1.29 is 9.53 Å². The van der Waals surface area contributed by atoms with Gasteiger partial charge in [0.1, 0.15) is 5.75 Å². The smallest absolute Gasteiger partial charge is 0.227 e. The average Bonchev–Trinajstić information content (AvgIpc) is 3.26. The van der Waals surface area contributed by atoms with Gasteiger partial charge in [0.15, 0.2) is 11.6 Å². The van der Waals surface area contributed by atoms with Gasteiger partial charge in [0.05, 0.1) is 26.1 Å². The van der Waals surface area contributed by atoms with Gasteiger partial charge in [-0.25, -0.2) is 0 Å². The van der Waals surface area contributed by atoms with E-state index in [1.165, 1.54) is 6.42 Å². The zero-order valence-corrected chi connectivity index (χ0v) is 15.4. The van der Waals surface area contributed by atoms with E-state index in [9.17, 15) is 4.79 Å². The molecule has 26 heavy (non-hydrogen) atoms. The molecule has 1 atom stereocenters. The van der Waals surface area contributed by atoms with E-state index in [0.29, 0.717) is 25.6 Å². The van der Waals surface area contributed by atoms with E-state index in [1.807, 2.05) is 29.2 Å². The molecular weight excluding hydrogens is 330 g/mol. The lowest BCUT2D eigenvalue weighted by atomic mass is 10.1. The third-order valence-corrected chi connectivity index (χ3v) is 5.44. The van der Waals surface area contributed by atoms with Crippen LogP contribution in [-0.4, -0.2) is 57.7 Å². The molecule has 7 heteroatoms. The van der Waals surface area contributed by atoms with Gasteiger partial charge < -0.3 is 14.2 Å². The van der Waals surface area contributed by atoms with Gasteiger partial charge in [0.25, 0.3) is 0 Å². The van der Waals surface area contributed by atoms with Crippen LogP contribution in [0.15, 0.2) is 24.3 Å². The summed E-state index contributed by atoms with van der Waals surface area (Å²) in [6.45, 7) is 3.12. The molecule has 1 aromatic carbocycles. The Balaban J connectivity index is 1.45. The van der Waals surface area contributed by atoms with Crippen molar-refractivity contribution in [1.82, 2.24) is 24.6 Å². The van der Waals surface area contributed by atoms with Crippen LogP contribution >= 0.6 is 0 Å². The van der Waals surface area contributed by atoms with Gasteiger partial charge in [-0.15, -0.1) is 10.2 Å². The van der Waals surface area contributed by atoms with Crippen LogP contribution < -0.4 is 4.74 Å². The number of ether oxygens (including phenoxy) is 1. The van der Waals surface area contributed by atoms with Crippen molar-refractivity contribution in [2.45, 2.75) is 38.4 Å². The number of carbonyl (C=O) groups excluding carboxylic acids is 1. The highest BCUT2D eigenvalue weighted by molar-refractivity contribution is 5.79. The minimum atomic E-state index is 0.118. The van der Waals surface area contributed by atoms with Crippen LogP contribution in [0.25, 0.3) is 0 Å². The van der Waals surface area contributed by atoms with E-state index < -0.39 is 0 Å². The molecule has 3 heterocycles. The van der Waals surface area contributed by atoms with E-state index in [1.54, 1.807) is 7.11 Å². The van der Waals surface area contributed by atoms with Crippen molar-refractivity contribution in [1.29, 1.82) is 0 Å². The van der Waals surface area contributed by atoms with Gasteiger partial charge in [-0.05, 0) is 44.1 Å². The SMILES string of the molecule is COc1cccc(CC(=O)N2CCn3c(nnc3C3CCCN3C)C2)c1. The standard InChI is InChI=1S/C19H25N5O2/c1-22-8-4-7-16(22)19-21-20-17-13-23(9-10-24(17)19)18(25)12-14-5-3-6-15(11-14)26-2/h3,5-6,11,16H,4,7-10,12-13H2,1-2H3. The molecule has 138 valence electrons. The lowest BCUT2D eigenvalue weighted by Crippen LogP contribution is -2.40. The highest BCUT2D eigenvalue weighted by Gasteiger charge is 2.31. The van der Waals surface area contributed by atoms with Crippen molar-refractivity contribution in [3.8, 4) is 5.75 Å². The minimum absolute atomic E-state index is 0.118. The molecule has 2 aliphatic heterocycles. The van der Waals surface area contributed by atoms with Crippen molar-refractivity contribution in [2.24, 2.45) is 0 Å². The number of amides is 1. The Kier molecular flexibility index (Phi) is 4.63. The molecule has 1 unspecified atom stereocenters. The first kappa shape index (κ1) is 17.0. The monoisotopic (exact) mass is 355 g/mol. The molecule has 7 nitrogen and oxygen atoms in total. The van der Waals surface area contributed by atoms with E-state index in [4.69, 9.17) is 4.74 Å². The highest BCUT2D eigenvalue weighted by atomic mass is 16.5. The molecule has 1 aromatic heterocycles. The maximum Gasteiger partial charge on any atom is 0.227 e. The second-order valence-corrected chi connectivity index (χ2v) is 7.11. The Morgan fingerprint density at radius 3 is 2.92 bits per heavy atom. The molecule has 1 saturated heterocycles. The van der Waals surface area contributed by atoms with Crippen molar-refractivity contribution in [3.05, 3.63) is 41.5 Å². The number of likely N-dealkylation sites (tertiary alicyclic amines) is 1. The van der Waals surface area contributed by atoms with Crippen LogP contribution in [0.5, 0.6) is 5.75 Å². The number of carbonyl (C=O) groups is 1. The Morgan fingerprint density at radius 2 is 2.15 bits per heavy atom. The number of aromatic nitrogens is 3. The maximum absolute atomic E-state index is 12.7. The van der Waals surface area contributed by atoms with Gasteiger partial charge in [-0.1, -0.05) is 12.1 Å². The number of rotatable bonds is 4. The second-order valence-electron chi connectivity index (χ2n) is 7.11. The molecule has 0 aliphatic carbocycles. The van der Waals surface area contributed by atoms with Crippen LogP contribution in [0.2, 0.25) is 0 Å². The number of benzene rings is 1. The minimum Gasteiger partial charge on any atom is -0.497 e. The second kappa shape index (κ2) is 7.07. The summed E-state index contributed by atoms with van der Waals surface area (Å²) < 4.78 is 7.45. The molecule has 1 fully saturated rings. The fourth-order valence-electron chi connectivity index (χ4n) is 3.94. The zero-order chi connectivity index (χ0) is 18.1. The number of nitrogens with zero attached hydrogens (tertiary/aromatic N) is 5. The zero-order valence-electron chi connectivity index (χ0n) is 15.4. The van der Waals surface area contributed by atoms with Crippen LogP contribution in [0, 0.1) is 0 Å². The molecule has 0 bridgehead atoms. The highest BCUT2D eigenvalue weighted by Crippen LogP contribution is 2.30. The molecule has 1 amide bonds. The van der Waals surface area contributed by atoms with Crippen molar-refractivity contribution in [3.63, 3.8) is 0 Å². The Morgan fingerprint density at radius 1 is 1.27 bits per heavy atom. The number of methoxy groups -OCH3 is 1. The first-order chi connectivity index (χ1) is 12.7. The topological polar surface area (TPSA) is 63.5 Å². The van der Waals surface area contributed by atoms with E-state index in [0.717, 1.165) is 42.5 Å². The predicted octanol–water partition coefficient (Wildman–Crippen LogP) is 1.64. The quantitative estimate of drug-likeness (QED) is 0.834. The predicted molar refractivity (Wildman–Crippen MR) is 96.7 cm³/mol. The summed E-state index contributed by atoms with van der Waals surface area (Å²) >= 11 is 0. The number of fused-ring (bicyclic) bond motifs is 1. The lowest BCUT2D eigenvalue weighted by Gasteiger charge is -2.29. The Hall–Kier alpha value is -2.41.